The van der Waals surface area contributed by atoms with Gasteiger partial charge in [-0.25, -0.2) is 9.97 Å². The van der Waals surface area contributed by atoms with Crippen LogP contribution in [0.4, 0.5) is 5.82 Å². The third-order valence-electron chi connectivity index (χ3n) is 3.77. The molecule has 1 unspecified atom stereocenters. The highest BCUT2D eigenvalue weighted by Gasteiger charge is 2.21. The molecule has 0 spiro atoms. The molecule has 7 heteroatoms. The first kappa shape index (κ1) is 14.9. The van der Waals surface area contributed by atoms with Crippen molar-refractivity contribution in [3.8, 4) is 0 Å². The predicted molar refractivity (Wildman–Crippen MR) is 80.7 cm³/mol. The summed E-state index contributed by atoms with van der Waals surface area (Å²) in [6, 6.07) is 2.03. The van der Waals surface area contributed by atoms with Crippen LogP contribution in [0.1, 0.15) is 42.6 Å². The van der Waals surface area contributed by atoms with Crippen LogP contribution in [0.5, 0.6) is 0 Å². The van der Waals surface area contributed by atoms with Crippen molar-refractivity contribution >= 4 is 5.82 Å². The average Bonchev–Trinajstić information content (AvgIpc) is 3.18. The fraction of sp³-hybridized carbons (Fsp3) is 0.600. The topological polar surface area (TPSA) is 77.2 Å². The summed E-state index contributed by atoms with van der Waals surface area (Å²) in [5.41, 5.74) is 1.05. The largest absolute Gasteiger partial charge is 0.423 e. The van der Waals surface area contributed by atoms with Crippen LogP contribution >= 0.6 is 0 Å². The summed E-state index contributed by atoms with van der Waals surface area (Å²) in [5, 5.41) is 8.04. The molecule has 0 amide bonds. The van der Waals surface area contributed by atoms with Gasteiger partial charge in [0.2, 0.25) is 11.8 Å². The Kier molecular flexibility index (Phi) is 4.33. The summed E-state index contributed by atoms with van der Waals surface area (Å²) in [6.07, 6.45) is 1.76. The van der Waals surface area contributed by atoms with E-state index in [4.69, 9.17) is 9.15 Å². The summed E-state index contributed by atoms with van der Waals surface area (Å²) in [4.78, 5) is 11.1. The first-order valence-corrected chi connectivity index (χ1v) is 7.61. The van der Waals surface area contributed by atoms with Gasteiger partial charge in [0.05, 0.1) is 18.8 Å². The smallest absolute Gasteiger partial charge is 0.235 e. The summed E-state index contributed by atoms with van der Waals surface area (Å²) in [7, 11) is 1.96. The van der Waals surface area contributed by atoms with E-state index >= 15 is 0 Å². The van der Waals surface area contributed by atoms with Crippen LogP contribution in [0.25, 0.3) is 0 Å². The summed E-state index contributed by atoms with van der Waals surface area (Å²) in [6.45, 7) is 5.98. The van der Waals surface area contributed by atoms with E-state index in [9.17, 15) is 0 Å². The minimum absolute atomic E-state index is 0.365. The van der Waals surface area contributed by atoms with Crippen LogP contribution in [0.3, 0.4) is 0 Å². The van der Waals surface area contributed by atoms with Crippen LogP contribution in [-0.2, 0) is 17.7 Å². The van der Waals surface area contributed by atoms with Gasteiger partial charge in [0.25, 0.3) is 0 Å². The van der Waals surface area contributed by atoms with Gasteiger partial charge in [-0.15, -0.1) is 10.2 Å². The summed E-state index contributed by atoms with van der Waals surface area (Å²) >= 11 is 0. The number of ether oxygens (including phenoxy) is 1. The first-order valence-electron chi connectivity index (χ1n) is 7.61. The maximum absolute atomic E-state index is 5.56. The standard InChI is InChI=1S/C15H21N5O2/c1-4-14-18-19-15(22-14)8-20(3)13-7-12(16-10(2)17-13)11-5-6-21-9-11/h7,11H,4-6,8-9H2,1-3H3. The van der Waals surface area contributed by atoms with Gasteiger partial charge in [-0.1, -0.05) is 6.92 Å². The van der Waals surface area contributed by atoms with Crippen molar-refractivity contribution in [2.75, 3.05) is 25.2 Å². The Morgan fingerprint density at radius 2 is 2.09 bits per heavy atom. The van der Waals surface area contributed by atoms with E-state index in [0.29, 0.717) is 24.2 Å². The monoisotopic (exact) mass is 303 g/mol. The Balaban J connectivity index is 1.77. The summed E-state index contributed by atoms with van der Waals surface area (Å²) in [5.74, 6) is 3.26. The van der Waals surface area contributed by atoms with E-state index < -0.39 is 0 Å². The minimum Gasteiger partial charge on any atom is -0.423 e. The average molecular weight is 303 g/mol. The molecule has 0 saturated carbocycles. The molecule has 1 aliphatic heterocycles. The van der Waals surface area contributed by atoms with Gasteiger partial charge < -0.3 is 14.1 Å². The molecule has 22 heavy (non-hydrogen) atoms. The maximum Gasteiger partial charge on any atom is 0.235 e. The zero-order valence-corrected chi connectivity index (χ0v) is 13.2. The Hall–Kier alpha value is -2.02. The van der Waals surface area contributed by atoms with Gasteiger partial charge in [-0.2, -0.15) is 0 Å². The molecular formula is C15H21N5O2. The number of aryl methyl sites for hydroxylation is 2. The van der Waals surface area contributed by atoms with Crippen molar-refractivity contribution < 1.29 is 9.15 Å². The zero-order valence-electron chi connectivity index (χ0n) is 13.2. The number of rotatable bonds is 5. The lowest BCUT2D eigenvalue weighted by molar-refractivity contribution is 0.193. The number of aromatic nitrogens is 4. The van der Waals surface area contributed by atoms with Crippen molar-refractivity contribution in [3.05, 3.63) is 29.4 Å². The minimum atomic E-state index is 0.365. The van der Waals surface area contributed by atoms with Crippen LogP contribution in [-0.4, -0.2) is 40.4 Å². The summed E-state index contributed by atoms with van der Waals surface area (Å²) < 4.78 is 11.0. The van der Waals surface area contributed by atoms with Crippen molar-refractivity contribution in [2.45, 2.75) is 39.2 Å². The number of hydrogen-bond donors (Lipinski definition) is 0. The van der Waals surface area contributed by atoms with Crippen LogP contribution < -0.4 is 4.90 Å². The molecule has 0 bridgehead atoms. The van der Waals surface area contributed by atoms with E-state index in [1.807, 2.05) is 31.9 Å². The van der Waals surface area contributed by atoms with Gasteiger partial charge in [0.15, 0.2) is 0 Å². The van der Waals surface area contributed by atoms with E-state index in [-0.39, 0.29) is 0 Å². The predicted octanol–water partition coefficient (Wildman–Crippen LogP) is 1.87. The van der Waals surface area contributed by atoms with Gasteiger partial charge in [-0.3, -0.25) is 0 Å². The molecule has 118 valence electrons. The second kappa shape index (κ2) is 6.39. The lowest BCUT2D eigenvalue weighted by Gasteiger charge is -2.18. The van der Waals surface area contributed by atoms with Gasteiger partial charge in [-0.05, 0) is 13.3 Å². The van der Waals surface area contributed by atoms with Crippen molar-refractivity contribution in [2.24, 2.45) is 0 Å². The van der Waals surface area contributed by atoms with Crippen LogP contribution in [0.2, 0.25) is 0 Å². The Labute approximate surface area is 129 Å². The molecule has 0 aromatic carbocycles. The third kappa shape index (κ3) is 3.24. The molecule has 1 atom stereocenters. The van der Waals surface area contributed by atoms with Crippen LogP contribution in [0.15, 0.2) is 10.5 Å². The third-order valence-corrected chi connectivity index (χ3v) is 3.77. The van der Waals surface area contributed by atoms with Crippen molar-refractivity contribution in [1.29, 1.82) is 0 Å². The van der Waals surface area contributed by atoms with E-state index in [1.54, 1.807) is 0 Å². The second-order valence-electron chi connectivity index (χ2n) is 5.56. The normalized spacial score (nSPS) is 17.9. The van der Waals surface area contributed by atoms with E-state index in [0.717, 1.165) is 43.4 Å². The Morgan fingerprint density at radius 1 is 1.27 bits per heavy atom. The SMILES string of the molecule is CCc1nnc(CN(C)c2cc(C3CCOC3)nc(C)n2)o1. The van der Waals surface area contributed by atoms with Crippen LogP contribution in [0, 0.1) is 6.92 Å². The molecule has 1 fully saturated rings. The molecular weight excluding hydrogens is 282 g/mol. The lowest BCUT2D eigenvalue weighted by atomic mass is 10.0. The Morgan fingerprint density at radius 3 is 2.77 bits per heavy atom. The highest BCUT2D eigenvalue weighted by Crippen LogP contribution is 2.26. The number of anilines is 1. The van der Waals surface area contributed by atoms with Gasteiger partial charge in [0, 0.05) is 32.1 Å². The molecule has 7 nitrogen and oxygen atoms in total. The van der Waals surface area contributed by atoms with Gasteiger partial charge >= 0.3 is 0 Å². The lowest BCUT2D eigenvalue weighted by Crippen LogP contribution is -2.19. The molecule has 1 saturated heterocycles. The molecule has 0 radical (unpaired) electrons. The zero-order chi connectivity index (χ0) is 15.5. The van der Waals surface area contributed by atoms with Crippen molar-refractivity contribution in [1.82, 2.24) is 20.2 Å². The Bertz CT molecular complexity index is 637. The highest BCUT2D eigenvalue weighted by molar-refractivity contribution is 5.39. The fourth-order valence-corrected chi connectivity index (χ4v) is 2.53. The molecule has 3 rings (SSSR count). The molecule has 0 aliphatic carbocycles. The second-order valence-corrected chi connectivity index (χ2v) is 5.56. The molecule has 0 N–H and O–H groups in total. The molecule has 2 aromatic rings. The fourth-order valence-electron chi connectivity index (χ4n) is 2.53. The number of hydrogen-bond acceptors (Lipinski definition) is 7. The quantitative estimate of drug-likeness (QED) is 0.834. The number of nitrogens with zero attached hydrogens (tertiary/aromatic N) is 5. The van der Waals surface area contributed by atoms with E-state index in [1.165, 1.54) is 0 Å². The first-order chi connectivity index (χ1) is 10.7. The van der Waals surface area contributed by atoms with Crippen molar-refractivity contribution in [3.63, 3.8) is 0 Å². The van der Waals surface area contributed by atoms with E-state index in [2.05, 4.69) is 20.2 Å². The maximum atomic E-state index is 5.56. The molecule has 3 heterocycles. The molecule has 1 aliphatic rings. The molecule has 2 aromatic heterocycles. The highest BCUT2D eigenvalue weighted by atomic mass is 16.5. The van der Waals surface area contributed by atoms with Gasteiger partial charge in [0.1, 0.15) is 11.6 Å².